The molecular weight excluding hydrogens is 440 g/mol. The van der Waals surface area contributed by atoms with Gasteiger partial charge in [0.25, 0.3) is 5.91 Å². The summed E-state index contributed by atoms with van der Waals surface area (Å²) in [6.45, 7) is 2.13. The third kappa shape index (κ3) is 5.55. The van der Waals surface area contributed by atoms with E-state index >= 15 is 0 Å². The van der Waals surface area contributed by atoms with Gasteiger partial charge in [0.05, 0.1) is 24.4 Å². The lowest BCUT2D eigenvalue weighted by Gasteiger charge is -2.14. The smallest absolute Gasteiger partial charge is 0.257 e. The molecule has 0 saturated heterocycles. The number of amides is 1. The van der Waals surface area contributed by atoms with E-state index in [2.05, 4.69) is 10.6 Å². The fourth-order valence-corrected chi connectivity index (χ4v) is 3.26. The number of halogens is 1. The molecule has 0 atom stereocenters. The van der Waals surface area contributed by atoms with Crippen molar-refractivity contribution < 1.29 is 23.8 Å². The highest BCUT2D eigenvalue weighted by Crippen LogP contribution is 2.31. The van der Waals surface area contributed by atoms with Crippen LogP contribution in [0.5, 0.6) is 11.5 Å². The van der Waals surface area contributed by atoms with E-state index in [9.17, 15) is 9.90 Å². The Morgan fingerprint density at radius 1 is 1.16 bits per heavy atom. The zero-order chi connectivity index (χ0) is 22.4. The maximum Gasteiger partial charge on any atom is 0.257 e. The second kappa shape index (κ2) is 10.3. The number of ether oxygens (including phenoxy) is 2. The van der Waals surface area contributed by atoms with E-state index < -0.39 is 5.91 Å². The number of furan rings is 1. The van der Waals surface area contributed by atoms with Gasteiger partial charge < -0.3 is 24.3 Å². The molecule has 1 amide bonds. The summed E-state index contributed by atoms with van der Waals surface area (Å²) in [6.07, 6.45) is 0. The van der Waals surface area contributed by atoms with Gasteiger partial charge in [-0.2, -0.15) is 0 Å². The third-order valence-corrected chi connectivity index (χ3v) is 4.77. The first-order chi connectivity index (χ1) is 14.9. The van der Waals surface area contributed by atoms with Crippen LogP contribution in [0.3, 0.4) is 0 Å². The summed E-state index contributed by atoms with van der Waals surface area (Å²) in [5.74, 6) is 1.64. The van der Waals surface area contributed by atoms with Gasteiger partial charge in [-0.1, -0.05) is 11.6 Å². The largest absolute Gasteiger partial charge is 0.495 e. The number of benzene rings is 2. The molecule has 9 heteroatoms. The van der Waals surface area contributed by atoms with Gasteiger partial charge in [-0.05, 0) is 67.7 Å². The van der Waals surface area contributed by atoms with E-state index in [0.29, 0.717) is 45.9 Å². The van der Waals surface area contributed by atoms with Gasteiger partial charge in [0.2, 0.25) is 0 Å². The van der Waals surface area contributed by atoms with Gasteiger partial charge in [-0.25, -0.2) is 0 Å². The van der Waals surface area contributed by atoms with E-state index in [-0.39, 0.29) is 11.7 Å². The Kier molecular flexibility index (Phi) is 7.51. The fourth-order valence-electron chi connectivity index (χ4n) is 2.82. The standard InChI is InChI=1S/C22H21ClN2O5S/c1-3-29-19-7-5-14(10-16(19)23)21(27)25-22(31)24-17-11-13(4-8-20(17)28-2)18-9-6-15(12-26)30-18/h4-11,26H,3,12H2,1-2H3,(H2,24,25,27,31). The quantitative estimate of drug-likeness (QED) is 0.443. The van der Waals surface area contributed by atoms with E-state index in [0.717, 1.165) is 5.56 Å². The lowest BCUT2D eigenvalue weighted by molar-refractivity contribution is 0.0977. The molecule has 7 nitrogen and oxygen atoms in total. The highest BCUT2D eigenvalue weighted by molar-refractivity contribution is 7.80. The van der Waals surface area contributed by atoms with Crippen LogP contribution in [-0.4, -0.2) is 29.8 Å². The maximum atomic E-state index is 12.5. The van der Waals surface area contributed by atoms with Crippen LogP contribution in [0, 0.1) is 0 Å². The van der Waals surface area contributed by atoms with Gasteiger partial charge in [0.15, 0.2) is 5.11 Å². The lowest BCUT2D eigenvalue weighted by atomic mass is 10.1. The highest BCUT2D eigenvalue weighted by Gasteiger charge is 2.14. The van der Waals surface area contributed by atoms with Crippen LogP contribution in [0.2, 0.25) is 5.02 Å². The number of nitrogens with one attached hydrogen (secondary N) is 2. The van der Waals surface area contributed by atoms with Crippen molar-refractivity contribution in [3.05, 3.63) is 64.9 Å². The minimum atomic E-state index is -0.420. The van der Waals surface area contributed by atoms with Crippen LogP contribution in [-0.2, 0) is 6.61 Å². The van der Waals surface area contributed by atoms with Gasteiger partial charge >= 0.3 is 0 Å². The molecule has 1 aromatic heterocycles. The average Bonchev–Trinajstić information content (AvgIpc) is 3.24. The van der Waals surface area contributed by atoms with Crippen molar-refractivity contribution in [2.24, 2.45) is 0 Å². The van der Waals surface area contributed by atoms with Crippen LogP contribution >= 0.6 is 23.8 Å². The molecule has 0 saturated carbocycles. The predicted octanol–water partition coefficient (Wildman–Crippen LogP) is 4.63. The van der Waals surface area contributed by atoms with Crippen LogP contribution in [0.25, 0.3) is 11.3 Å². The number of carbonyl (C=O) groups is 1. The summed E-state index contributed by atoms with van der Waals surface area (Å²) in [7, 11) is 1.53. The number of aliphatic hydroxyl groups excluding tert-OH is 1. The van der Waals surface area contributed by atoms with E-state index in [1.807, 2.05) is 13.0 Å². The van der Waals surface area contributed by atoms with Crippen molar-refractivity contribution in [2.45, 2.75) is 13.5 Å². The molecule has 0 aliphatic rings. The molecule has 0 aliphatic carbocycles. The molecule has 0 spiro atoms. The SMILES string of the molecule is CCOc1ccc(C(=O)NC(=S)Nc2cc(-c3ccc(CO)o3)ccc2OC)cc1Cl. The molecular formula is C22H21ClN2O5S. The van der Waals surface area contributed by atoms with Gasteiger partial charge in [-0.3, -0.25) is 10.1 Å². The molecule has 3 rings (SSSR count). The van der Waals surface area contributed by atoms with Crippen LogP contribution < -0.4 is 20.1 Å². The zero-order valence-electron chi connectivity index (χ0n) is 16.9. The number of rotatable bonds is 7. The molecule has 0 aliphatic heterocycles. The van der Waals surface area contributed by atoms with Crippen molar-refractivity contribution in [2.75, 3.05) is 19.0 Å². The first-order valence-corrected chi connectivity index (χ1v) is 10.2. The highest BCUT2D eigenvalue weighted by atomic mass is 35.5. The Balaban J connectivity index is 1.74. The topological polar surface area (TPSA) is 93.0 Å². The zero-order valence-corrected chi connectivity index (χ0v) is 18.5. The van der Waals surface area contributed by atoms with Crippen molar-refractivity contribution in [3.8, 4) is 22.8 Å². The Morgan fingerprint density at radius 2 is 1.94 bits per heavy atom. The first kappa shape index (κ1) is 22.6. The monoisotopic (exact) mass is 460 g/mol. The Bertz CT molecular complexity index is 1100. The van der Waals surface area contributed by atoms with E-state index in [1.165, 1.54) is 13.2 Å². The van der Waals surface area contributed by atoms with Crippen molar-refractivity contribution in [1.29, 1.82) is 0 Å². The molecule has 0 radical (unpaired) electrons. The van der Waals surface area contributed by atoms with E-state index in [4.69, 9.17) is 37.7 Å². The Labute approximate surface area is 189 Å². The van der Waals surface area contributed by atoms with Crippen LogP contribution in [0.4, 0.5) is 5.69 Å². The summed E-state index contributed by atoms with van der Waals surface area (Å²) in [4.78, 5) is 12.5. The molecule has 162 valence electrons. The van der Waals surface area contributed by atoms with Crippen molar-refractivity contribution in [1.82, 2.24) is 5.32 Å². The third-order valence-electron chi connectivity index (χ3n) is 4.27. The van der Waals surface area contributed by atoms with Gasteiger partial charge in [0.1, 0.15) is 29.6 Å². The summed E-state index contributed by atoms with van der Waals surface area (Å²) < 4.78 is 16.3. The molecule has 2 aromatic carbocycles. The summed E-state index contributed by atoms with van der Waals surface area (Å²) in [6, 6.07) is 13.5. The molecule has 3 N–H and O–H groups in total. The van der Waals surface area contributed by atoms with Crippen LogP contribution in [0.1, 0.15) is 23.0 Å². The minimum Gasteiger partial charge on any atom is -0.495 e. The number of carbonyl (C=O) groups excluding carboxylic acids is 1. The summed E-state index contributed by atoms with van der Waals surface area (Å²) >= 11 is 11.4. The number of hydrogen-bond acceptors (Lipinski definition) is 6. The van der Waals surface area contributed by atoms with Gasteiger partial charge in [-0.15, -0.1) is 0 Å². The Hall–Kier alpha value is -3.07. The fraction of sp³-hybridized carbons (Fsp3) is 0.182. The second-order valence-corrected chi connectivity index (χ2v) is 7.14. The normalized spacial score (nSPS) is 10.5. The number of methoxy groups -OCH3 is 1. The van der Waals surface area contributed by atoms with Crippen LogP contribution in [0.15, 0.2) is 52.9 Å². The minimum absolute atomic E-state index is 0.0842. The number of hydrogen-bond donors (Lipinski definition) is 3. The Morgan fingerprint density at radius 3 is 2.58 bits per heavy atom. The van der Waals surface area contributed by atoms with Gasteiger partial charge in [0, 0.05) is 11.1 Å². The number of aliphatic hydroxyl groups is 1. The van der Waals surface area contributed by atoms with E-state index in [1.54, 1.807) is 36.4 Å². The first-order valence-electron chi connectivity index (χ1n) is 9.37. The molecule has 31 heavy (non-hydrogen) atoms. The molecule has 0 unspecified atom stereocenters. The average molecular weight is 461 g/mol. The second-order valence-electron chi connectivity index (χ2n) is 6.33. The molecule has 0 fully saturated rings. The number of anilines is 1. The predicted molar refractivity (Wildman–Crippen MR) is 123 cm³/mol. The summed E-state index contributed by atoms with van der Waals surface area (Å²) in [5, 5.41) is 15.2. The lowest BCUT2D eigenvalue weighted by Crippen LogP contribution is -2.34. The van der Waals surface area contributed by atoms with Crippen molar-refractivity contribution in [3.63, 3.8) is 0 Å². The molecule has 0 bridgehead atoms. The number of thiocarbonyl (C=S) groups is 1. The maximum absolute atomic E-state index is 12.5. The molecule has 1 heterocycles. The van der Waals surface area contributed by atoms with Crippen molar-refractivity contribution >= 4 is 40.5 Å². The molecule has 3 aromatic rings. The summed E-state index contributed by atoms with van der Waals surface area (Å²) in [5.41, 5.74) is 1.62.